The molecule has 22 heavy (non-hydrogen) atoms. The Morgan fingerprint density at radius 2 is 2.23 bits per heavy atom. The summed E-state index contributed by atoms with van der Waals surface area (Å²) >= 11 is 0. The van der Waals surface area contributed by atoms with E-state index in [0.29, 0.717) is 19.8 Å². The van der Waals surface area contributed by atoms with E-state index < -0.39 is 0 Å². The van der Waals surface area contributed by atoms with Crippen LogP contribution in [0.5, 0.6) is 0 Å². The Kier molecular flexibility index (Phi) is 4.79. The minimum atomic E-state index is 0.0519. The van der Waals surface area contributed by atoms with Gasteiger partial charge in [-0.05, 0) is 43.2 Å². The van der Waals surface area contributed by atoms with Gasteiger partial charge in [0, 0.05) is 24.5 Å². The third-order valence-corrected chi connectivity index (χ3v) is 5.01. The molecule has 0 aliphatic heterocycles. The Morgan fingerprint density at radius 3 is 3.09 bits per heavy atom. The molecule has 1 fully saturated rings. The first kappa shape index (κ1) is 15.5. The fourth-order valence-corrected chi connectivity index (χ4v) is 3.85. The molecule has 1 spiro atoms. The zero-order valence-corrected chi connectivity index (χ0v) is 13.0. The van der Waals surface area contributed by atoms with Crippen LogP contribution in [0.2, 0.25) is 0 Å². The first-order chi connectivity index (χ1) is 10.8. The van der Waals surface area contributed by atoms with E-state index in [-0.39, 0.29) is 23.8 Å². The van der Waals surface area contributed by atoms with Gasteiger partial charge in [0.15, 0.2) is 0 Å². The monoisotopic (exact) mass is 303 g/mol. The summed E-state index contributed by atoms with van der Waals surface area (Å²) in [4.78, 5) is 12.4. The van der Waals surface area contributed by atoms with Crippen LogP contribution >= 0.6 is 0 Å². The summed E-state index contributed by atoms with van der Waals surface area (Å²) in [5, 5.41) is 11.7. The predicted molar refractivity (Wildman–Crippen MR) is 84.7 cm³/mol. The molecule has 1 saturated carbocycles. The quantitative estimate of drug-likeness (QED) is 0.755. The number of aliphatic hydroxyl groups excluding tert-OH is 1. The zero-order chi connectivity index (χ0) is 15.4. The Bertz CT molecular complexity index is 531. The molecule has 1 aromatic carbocycles. The van der Waals surface area contributed by atoms with E-state index in [1.54, 1.807) is 0 Å². The Hall–Kier alpha value is -1.39. The maximum atomic E-state index is 12.4. The first-order valence-corrected chi connectivity index (χ1v) is 8.32. The third kappa shape index (κ3) is 3.03. The van der Waals surface area contributed by atoms with Crippen LogP contribution in [-0.4, -0.2) is 37.4 Å². The highest BCUT2D eigenvalue weighted by Crippen LogP contribution is 2.60. The molecular formula is C18H25NO3. The van der Waals surface area contributed by atoms with Crippen molar-refractivity contribution in [2.24, 2.45) is 5.92 Å². The van der Waals surface area contributed by atoms with Gasteiger partial charge in [-0.1, -0.05) is 24.3 Å². The van der Waals surface area contributed by atoms with Gasteiger partial charge in [-0.3, -0.25) is 4.79 Å². The molecule has 2 N–H and O–H groups in total. The maximum Gasteiger partial charge on any atom is 0.224 e. The molecule has 1 amide bonds. The second kappa shape index (κ2) is 6.80. The molecule has 2 aliphatic rings. The van der Waals surface area contributed by atoms with E-state index in [4.69, 9.17) is 9.84 Å². The first-order valence-electron chi connectivity index (χ1n) is 8.32. The van der Waals surface area contributed by atoms with Crippen molar-refractivity contribution < 1.29 is 14.6 Å². The number of fused-ring (bicyclic) bond motifs is 2. The van der Waals surface area contributed by atoms with E-state index in [9.17, 15) is 4.79 Å². The molecular weight excluding hydrogens is 278 g/mol. The summed E-state index contributed by atoms with van der Waals surface area (Å²) in [6.07, 6.45) is 5.27. The SMILES string of the molecule is O=C(NCCCOCCO)C1CC12CCCc1ccccc12. The van der Waals surface area contributed by atoms with Gasteiger partial charge in [0.25, 0.3) is 0 Å². The number of benzene rings is 1. The van der Waals surface area contributed by atoms with E-state index in [1.807, 2.05) is 0 Å². The van der Waals surface area contributed by atoms with Crippen molar-refractivity contribution in [1.82, 2.24) is 5.32 Å². The Morgan fingerprint density at radius 1 is 1.36 bits per heavy atom. The summed E-state index contributed by atoms with van der Waals surface area (Å²) in [6.45, 7) is 1.66. The zero-order valence-electron chi connectivity index (χ0n) is 13.0. The van der Waals surface area contributed by atoms with E-state index in [1.165, 1.54) is 17.5 Å². The normalized spacial score (nSPS) is 25.8. The molecule has 1 aromatic rings. The topological polar surface area (TPSA) is 58.6 Å². The number of rotatable bonds is 7. The van der Waals surface area contributed by atoms with Crippen LogP contribution in [0.3, 0.4) is 0 Å². The van der Waals surface area contributed by atoms with Crippen molar-refractivity contribution in [2.75, 3.05) is 26.4 Å². The number of nitrogens with one attached hydrogen (secondary N) is 1. The molecule has 2 unspecified atom stereocenters. The largest absolute Gasteiger partial charge is 0.394 e. The summed E-state index contributed by atoms with van der Waals surface area (Å²) in [7, 11) is 0. The average molecular weight is 303 g/mol. The smallest absolute Gasteiger partial charge is 0.224 e. The van der Waals surface area contributed by atoms with Crippen molar-refractivity contribution in [3.63, 3.8) is 0 Å². The molecule has 0 bridgehead atoms. The minimum Gasteiger partial charge on any atom is -0.394 e. The lowest BCUT2D eigenvalue weighted by Crippen LogP contribution is -2.31. The molecule has 0 heterocycles. The summed E-state index contributed by atoms with van der Waals surface area (Å²) < 4.78 is 5.20. The van der Waals surface area contributed by atoms with Crippen molar-refractivity contribution in [1.29, 1.82) is 0 Å². The van der Waals surface area contributed by atoms with Gasteiger partial charge >= 0.3 is 0 Å². The van der Waals surface area contributed by atoms with E-state index >= 15 is 0 Å². The van der Waals surface area contributed by atoms with Crippen LogP contribution in [0.25, 0.3) is 0 Å². The van der Waals surface area contributed by atoms with Gasteiger partial charge in [0.1, 0.15) is 0 Å². The molecule has 2 atom stereocenters. The lowest BCUT2D eigenvalue weighted by atomic mass is 9.78. The molecule has 4 heteroatoms. The molecule has 3 rings (SSSR count). The van der Waals surface area contributed by atoms with Gasteiger partial charge in [-0.15, -0.1) is 0 Å². The predicted octanol–water partition coefficient (Wildman–Crippen LogP) is 1.80. The van der Waals surface area contributed by atoms with Crippen molar-refractivity contribution in [2.45, 2.75) is 37.5 Å². The number of hydrogen-bond acceptors (Lipinski definition) is 3. The van der Waals surface area contributed by atoms with Gasteiger partial charge in [0.05, 0.1) is 13.2 Å². The number of hydrogen-bond donors (Lipinski definition) is 2. The highest BCUT2D eigenvalue weighted by molar-refractivity contribution is 5.84. The molecule has 0 aromatic heterocycles. The lowest BCUT2D eigenvalue weighted by molar-refractivity contribution is -0.122. The van der Waals surface area contributed by atoms with Crippen molar-refractivity contribution in [3.8, 4) is 0 Å². The Balaban J connectivity index is 1.50. The minimum absolute atomic E-state index is 0.0519. The second-order valence-electron chi connectivity index (χ2n) is 6.40. The fraction of sp³-hybridized carbons (Fsp3) is 0.611. The maximum absolute atomic E-state index is 12.4. The highest BCUT2D eigenvalue weighted by Gasteiger charge is 2.59. The van der Waals surface area contributed by atoms with Gasteiger partial charge in [0.2, 0.25) is 5.91 Å². The van der Waals surface area contributed by atoms with E-state index in [2.05, 4.69) is 29.6 Å². The van der Waals surface area contributed by atoms with Gasteiger partial charge < -0.3 is 15.2 Å². The molecule has 2 aliphatic carbocycles. The average Bonchev–Trinajstić information content (AvgIpc) is 3.26. The molecule has 0 saturated heterocycles. The van der Waals surface area contributed by atoms with E-state index in [0.717, 1.165) is 25.7 Å². The van der Waals surface area contributed by atoms with Crippen LogP contribution in [0.4, 0.5) is 0 Å². The number of carbonyl (C=O) groups is 1. The fourth-order valence-electron chi connectivity index (χ4n) is 3.85. The number of ether oxygens (including phenoxy) is 1. The molecule has 4 nitrogen and oxygen atoms in total. The lowest BCUT2D eigenvalue weighted by Gasteiger charge is -2.26. The van der Waals surface area contributed by atoms with Crippen LogP contribution in [0.1, 0.15) is 36.8 Å². The summed E-state index contributed by atoms with van der Waals surface area (Å²) in [5.74, 6) is 0.339. The number of aliphatic hydroxyl groups is 1. The van der Waals surface area contributed by atoms with Gasteiger partial charge in [-0.25, -0.2) is 0 Å². The molecule has 120 valence electrons. The number of aryl methyl sites for hydroxylation is 1. The van der Waals surface area contributed by atoms with Crippen LogP contribution in [0, 0.1) is 5.92 Å². The standard InChI is InChI=1S/C18H25NO3/c20-10-12-22-11-4-9-19-17(21)16-13-18(16)8-3-6-14-5-1-2-7-15(14)18/h1-2,5,7,16,20H,3-4,6,8-13H2,(H,19,21). The second-order valence-corrected chi connectivity index (χ2v) is 6.40. The van der Waals surface area contributed by atoms with Gasteiger partial charge in [-0.2, -0.15) is 0 Å². The van der Waals surface area contributed by atoms with Crippen molar-refractivity contribution >= 4 is 5.91 Å². The van der Waals surface area contributed by atoms with Crippen LogP contribution < -0.4 is 5.32 Å². The molecule has 0 radical (unpaired) electrons. The third-order valence-electron chi connectivity index (χ3n) is 5.01. The summed E-state index contributed by atoms with van der Waals surface area (Å²) in [5.41, 5.74) is 2.96. The van der Waals surface area contributed by atoms with Crippen LogP contribution in [-0.2, 0) is 21.4 Å². The number of carbonyl (C=O) groups excluding carboxylic acids is 1. The Labute approximate surface area is 131 Å². The number of amides is 1. The van der Waals surface area contributed by atoms with Crippen molar-refractivity contribution in [3.05, 3.63) is 35.4 Å². The van der Waals surface area contributed by atoms with Crippen LogP contribution in [0.15, 0.2) is 24.3 Å². The highest BCUT2D eigenvalue weighted by atomic mass is 16.5. The summed E-state index contributed by atoms with van der Waals surface area (Å²) in [6, 6.07) is 8.62.